The third kappa shape index (κ3) is 7.96. The maximum Gasteiger partial charge on any atom is 0.441 e. The van der Waals surface area contributed by atoms with E-state index in [1.54, 1.807) is 19.2 Å². The average Bonchev–Trinajstić information content (AvgIpc) is 2.92. The molecular weight excluding hydrogens is 278 g/mol. The van der Waals surface area contributed by atoms with Crippen LogP contribution < -0.4 is 0 Å². The lowest BCUT2D eigenvalue weighted by Gasteiger charge is -2.05. The highest BCUT2D eigenvalue weighted by Crippen LogP contribution is 2.11. The molecular formula is C17H29N3O2. The Morgan fingerprint density at radius 2 is 1.73 bits per heavy atom. The summed E-state index contributed by atoms with van der Waals surface area (Å²) in [5.74, 6) is 0.0288. The molecule has 124 valence electrons. The second kappa shape index (κ2) is 11.0. The summed E-state index contributed by atoms with van der Waals surface area (Å²) in [6.45, 7) is 4.03. The molecule has 0 bridgehead atoms. The van der Waals surface area contributed by atoms with E-state index in [2.05, 4.69) is 12.0 Å². The molecule has 0 atom stereocenters. The number of aryl methyl sites for hydroxylation is 1. The van der Waals surface area contributed by atoms with Crippen molar-refractivity contribution < 1.29 is 9.53 Å². The molecule has 0 aromatic carbocycles. The third-order valence-electron chi connectivity index (χ3n) is 3.63. The molecule has 0 spiro atoms. The highest BCUT2D eigenvalue weighted by atomic mass is 16.6. The van der Waals surface area contributed by atoms with Gasteiger partial charge in [0.15, 0.2) is 5.90 Å². The van der Waals surface area contributed by atoms with Crippen LogP contribution in [0.25, 0.3) is 0 Å². The number of ether oxygens (including phenoxy) is 1. The molecule has 5 heteroatoms. The fourth-order valence-electron chi connectivity index (χ4n) is 2.32. The van der Waals surface area contributed by atoms with Gasteiger partial charge in [0.05, 0.1) is 5.69 Å². The van der Waals surface area contributed by atoms with Gasteiger partial charge in [0.1, 0.15) is 0 Å². The Hall–Kier alpha value is -1.65. The van der Waals surface area contributed by atoms with E-state index in [4.69, 9.17) is 10.1 Å². The number of nitrogens with zero attached hydrogens (tertiary/aromatic N) is 2. The molecule has 5 nitrogen and oxygen atoms in total. The first kappa shape index (κ1) is 18.4. The van der Waals surface area contributed by atoms with Crippen molar-refractivity contribution in [3.63, 3.8) is 0 Å². The van der Waals surface area contributed by atoms with Crippen LogP contribution in [0.3, 0.4) is 0 Å². The quantitative estimate of drug-likeness (QED) is 0.372. The van der Waals surface area contributed by atoms with Gasteiger partial charge in [-0.1, -0.05) is 58.3 Å². The SMILES string of the molecule is CCCCCCCCCCCC(=N)OC(=O)n1ccc(C)n1. The second-order valence-corrected chi connectivity index (χ2v) is 5.77. The molecule has 1 heterocycles. The van der Waals surface area contributed by atoms with Gasteiger partial charge >= 0.3 is 6.09 Å². The summed E-state index contributed by atoms with van der Waals surface area (Å²) in [4.78, 5) is 11.7. The Labute approximate surface area is 133 Å². The number of unbranched alkanes of at least 4 members (excludes halogenated alkanes) is 8. The van der Waals surface area contributed by atoms with Crippen LogP contribution in [0, 0.1) is 12.3 Å². The number of carbonyl (C=O) groups excluding carboxylic acids is 1. The van der Waals surface area contributed by atoms with E-state index >= 15 is 0 Å². The molecule has 0 aliphatic carbocycles. The zero-order valence-electron chi connectivity index (χ0n) is 13.9. The number of hydrogen-bond donors (Lipinski definition) is 1. The molecule has 1 rings (SSSR count). The number of nitrogens with one attached hydrogen (secondary N) is 1. The summed E-state index contributed by atoms with van der Waals surface area (Å²) < 4.78 is 6.09. The number of aromatic nitrogens is 2. The predicted octanol–water partition coefficient (Wildman–Crippen LogP) is 5.07. The lowest BCUT2D eigenvalue weighted by atomic mass is 10.1. The van der Waals surface area contributed by atoms with Crippen LogP contribution in [0.5, 0.6) is 0 Å². The van der Waals surface area contributed by atoms with Crippen molar-refractivity contribution in [1.29, 1.82) is 5.41 Å². The monoisotopic (exact) mass is 307 g/mol. The normalized spacial score (nSPS) is 10.6. The van der Waals surface area contributed by atoms with Crippen LogP contribution in [0.1, 0.15) is 76.8 Å². The van der Waals surface area contributed by atoms with Gasteiger partial charge in [-0.2, -0.15) is 9.78 Å². The van der Waals surface area contributed by atoms with Crippen molar-refractivity contribution in [2.45, 2.75) is 78.1 Å². The van der Waals surface area contributed by atoms with Crippen molar-refractivity contribution in [3.05, 3.63) is 18.0 Å². The van der Waals surface area contributed by atoms with E-state index in [0.29, 0.717) is 6.42 Å². The molecule has 1 N–H and O–H groups in total. The standard InChI is InChI=1S/C17H29N3O2/c1-3-4-5-6-7-8-9-10-11-12-16(18)22-17(21)20-14-13-15(2)19-20/h13-14,18H,3-12H2,1-2H3. The number of rotatable bonds is 10. The number of hydrogen-bond acceptors (Lipinski definition) is 4. The molecule has 0 aliphatic rings. The lowest BCUT2D eigenvalue weighted by molar-refractivity contribution is 0.193. The summed E-state index contributed by atoms with van der Waals surface area (Å²) >= 11 is 0. The Bertz CT molecular complexity index is 455. The zero-order valence-corrected chi connectivity index (χ0v) is 13.9. The molecule has 0 saturated carbocycles. The Morgan fingerprint density at radius 1 is 1.14 bits per heavy atom. The van der Waals surface area contributed by atoms with Gasteiger partial charge in [0.2, 0.25) is 0 Å². The molecule has 0 fully saturated rings. The van der Waals surface area contributed by atoms with E-state index in [0.717, 1.165) is 23.2 Å². The first-order chi connectivity index (χ1) is 10.6. The first-order valence-electron chi connectivity index (χ1n) is 8.45. The van der Waals surface area contributed by atoms with Crippen molar-refractivity contribution in [2.75, 3.05) is 0 Å². The molecule has 1 aromatic heterocycles. The molecule has 0 radical (unpaired) electrons. The highest BCUT2D eigenvalue weighted by Gasteiger charge is 2.10. The van der Waals surface area contributed by atoms with Crippen LogP contribution in [-0.4, -0.2) is 21.8 Å². The molecule has 22 heavy (non-hydrogen) atoms. The van der Waals surface area contributed by atoms with Crippen LogP contribution >= 0.6 is 0 Å². The van der Waals surface area contributed by atoms with Crippen molar-refractivity contribution in [2.24, 2.45) is 0 Å². The van der Waals surface area contributed by atoms with E-state index in [-0.39, 0.29) is 5.90 Å². The second-order valence-electron chi connectivity index (χ2n) is 5.77. The van der Waals surface area contributed by atoms with Crippen LogP contribution in [0.4, 0.5) is 4.79 Å². The van der Waals surface area contributed by atoms with Gasteiger partial charge in [0.25, 0.3) is 0 Å². The average molecular weight is 307 g/mol. The van der Waals surface area contributed by atoms with E-state index in [1.807, 2.05) is 0 Å². The maximum absolute atomic E-state index is 11.7. The first-order valence-corrected chi connectivity index (χ1v) is 8.45. The third-order valence-corrected chi connectivity index (χ3v) is 3.63. The molecule has 0 amide bonds. The van der Waals surface area contributed by atoms with Gasteiger partial charge in [0, 0.05) is 12.6 Å². The fourth-order valence-corrected chi connectivity index (χ4v) is 2.32. The maximum atomic E-state index is 11.7. The topological polar surface area (TPSA) is 68.0 Å². The minimum atomic E-state index is -0.603. The van der Waals surface area contributed by atoms with E-state index in [9.17, 15) is 4.79 Å². The highest BCUT2D eigenvalue weighted by molar-refractivity contribution is 5.86. The molecule has 0 saturated heterocycles. The lowest BCUT2D eigenvalue weighted by Crippen LogP contribution is -2.18. The van der Waals surface area contributed by atoms with E-state index in [1.165, 1.54) is 44.9 Å². The Balaban J connectivity index is 2.01. The van der Waals surface area contributed by atoms with E-state index < -0.39 is 6.09 Å². The van der Waals surface area contributed by atoms with Crippen LogP contribution in [-0.2, 0) is 4.74 Å². The van der Waals surface area contributed by atoms with Crippen LogP contribution in [0.15, 0.2) is 12.3 Å². The Morgan fingerprint density at radius 3 is 2.27 bits per heavy atom. The van der Waals surface area contributed by atoms with Gasteiger partial charge in [-0.15, -0.1) is 0 Å². The fraction of sp³-hybridized carbons (Fsp3) is 0.706. The Kier molecular flexibility index (Phi) is 9.19. The minimum absolute atomic E-state index is 0.0288. The van der Waals surface area contributed by atoms with Crippen molar-refractivity contribution in [3.8, 4) is 0 Å². The summed E-state index contributed by atoms with van der Waals surface area (Å²) in [7, 11) is 0. The number of carbonyl (C=O) groups is 1. The van der Waals surface area contributed by atoms with Gasteiger partial charge in [-0.25, -0.2) is 4.79 Å². The molecule has 0 aliphatic heterocycles. The van der Waals surface area contributed by atoms with Crippen molar-refractivity contribution >= 4 is 12.0 Å². The largest absolute Gasteiger partial charge is 0.441 e. The van der Waals surface area contributed by atoms with Crippen molar-refractivity contribution in [1.82, 2.24) is 9.78 Å². The summed E-state index contributed by atoms with van der Waals surface area (Å²) in [5, 5.41) is 11.6. The molecule has 0 unspecified atom stereocenters. The summed E-state index contributed by atoms with van der Waals surface area (Å²) in [6, 6.07) is 1.73. The smallest absolute Gasteiger partial charge is 0.394 e. The van der Waals surface area contributed by atoms with Gasteiger partial charge in [-0.3, -0.25) is 5.41 Å². The summed E-state index contributed by atoms with van der Waals surface area (Å²) in [5.41, 5.74) is 0.752. The minimum Gasteiger partial charge on any atom is -0.394 e. The van der Waals surface area contributed by atoms with Gasteiger partial charge in [-0.05, 0) is 19.4 Å². The van der Waals surface area contributed by atoms with Gasteiger partial charge < -0.3 is 4.74 Å². The predicted molar refractivity (Wildman–Crippen MR) is 88.4 cm³/mol. The summed E-state index contributed by atoms with van der Waals surface area (Å²) in [6.07, 6.45) is 12.6. The van der Waals surface area contributed by atoms with Crippen LogP contribution in [0.2, 0.25) is 0 Å². The molecule has 1 aromatic rings. The zero-order chi connectivity index (χ0) is 16.2.